The predicted molar refractivity (Wildman–Crippen MR) is 92.5 cm³/mol. The van der Waals surface area contributed by atoms with Gasteiger partial charge in [-0.05, 0) is 68.3 Å². The van der Waals surface area contributed by atoms with Crippen LogP contribution in [0.1, 0.15) is 5.56 Å². The van der Waals surface area contributed by atoms with Crippen LogP contribution < -0.4 is 11.1 Å². The van der Waals surface area contributed by atoms with Crippen LogP contribution in [-0.4, -0.2) is 4.99 Å². The lowest BCUT2D eigenvalue weighted by molar-refractivity contribution is 1.50. The first kappa shape index (κ1) is 14.8. The molecule has 0 saturated heterocycles. The van der Waals surface area contributed by atoms with E-state index in [0.29, 0.717) is 10.0 Å². The third kappa shape index (κ3) is 3.69. The van der Waals surface area contributed by atoms with E-state index in [2.05, 4.69) is 37.2 Å². The Hall–Kier alpha value is -0.620. The van der Waals surface area contributed by atoms with Crippen LogP contribution in [-0.2, 0) is 0 Å². The van der Waals surface area contributed by atoms with Crippen molar-refractivity contribution in [2.75, 3.05) is 5.32 Å². The molecule has 0 atom stereocenters. The van der Waals surface area contributed by atoms with Crippen LogP contribution in [0.15, 0.2) is 45.3 Å². The lowest BCUT2D eigenvalue weighted by atomic mass is 10.2. The van der Waals surface area contributed by atoms with E-state index >= 15 is 0 Å². The van der Waals surface area contributed by atoms with Crippen LogP contribution in [0.4, 0.5) is 11.4 Å². The zero-order valence-corrected chi connectivity index (χ0v) is 14.3. The van der Waals surface area contributed by atoms with Gasteiger partial charge in [-0.3, -0.25) is 0 Å². The van der Waals surface area contributed by atoms with Gasteiger partial charge in [0, 0.05) is 25.2 Å². The molecule has 19 heavy (non-hydrogen) atoms. The molecule has 0 unspecified atom stereocenters. The average Bonchev–Trinajstić information content (AvgIpc) is 2.33. The first-order valence-electron chi connectivity index (χ1n) is 5.29. The van der Waals surface area contributed by atoms with Crippen LogP contribution in [0, 0.1) is 0 Å². The van der Waals surface area contributed by atoms with E-state index < -0.39 is 0 Å². The van der Waals surface area contributed by atoms with Gasteiger partial charge in [-0.15, -0.1) is 0 Å². The molecule has 6 heteroatoms. The smallest absolute Gasteiger partial charge is 0.105 e. The van der Waals surface area contributed by atoms with Crippen molar-refractivity contribution in [1.29, 1.82) is 0 Å². The minimum atomic E-state index is 0.363. The molecule has 0 fully saturated rings. The molecule has 2 aromatic carbocycles. The zero-order chi connectivity index (χ0) is 14.0. The van der Waals surface area contributed by atoms with Gasteiger partial charge in [0.2, 0.25) is 0 Å². The Balaban J connectivity index is 2.31. The van der Waals surface area contributed by atoms with Crippen molar-refractivity contribution < 1.29 is 0 Å². The second kappa shape index (κ2) is 6.22. The second-order valence-corrected chi connectivity index (χ2v) is 6.39. The Labute approximate surface area is 138 Å². The van der Waals surface area contributed by atoms with Gasteiger partial charge < -0.3 is 11.1 Å². The molecule has 2 aromatic rings. The Kier molecular flexibility index (Phi) is 4.84. The van der Waals surface area contributed by atoms with Crippen LogP contribution >= 0.6 is 55.7 Å². The largest absolute Gasteiger partial charge is 0.389 e. The maximum Gasteiger partial charge on any atom is 0.105 e. The third-order valence-electron chi connectivity index (χ3n) is 2.44. The molecule has 0 radical (unpaired) electrons. The van der Waals surface area contributed by atoms with Crippen molar-refractivity contribution in [1.82, 2.24) is 0 Å². The Morgan fingerprint density at radius 2 is 1.84 bits per heavy atom. The fourth-order valence-corrected chi connectivity index (χ4v) is 2.96. The number of halogens is 3. The number of nitrogens with one attached hydrogen (secondary N) is 1. The number of thiocarbonyl (C=S) groups is 1. The summed E-state index contributed by atoms with van der Waals surface area (Å²) >= 11 is 17.9. The van der Waals surface area contributed by atoms with Gasteiger partial charge in [-0.2, -0.15) is 0 Å². The number of anilines is 2. The molecule has 0 heterocycles. The number of rotatable bonds is 3. The Morgan fingerprint density at radius 1 is 1.11 bits per heavy atom. The molecule has 0 aliphatic carbocycles. The summed E-state index contributed by atoms with van der Waals surface area (Å²) in [5.41, 5.74) is 8.23. The average molecular weight is 421 g/mol. The summed E-state index contributed by atoms with van der Waals surface area (Å²) in [4.78, 5) is 0.363. The van der Waals surface area contributed by atoms with Crippen molar-refractivity contribution >= 4 is 72.0 Å². The molecule has 0 spiro atoms. The van der Waals surface area contributed by atoms with E-state index in [9.17, 15) is 0 Å². The summed E-state index contributed by atoms with van der Waals surface area (Å²) in [6.45, 7) is 0. The first-order valence-corrected chi connectivity index (χ1v) is 7.66. The molecule has 0 bridgehead atoms. The van der Waals surface area contributed by atoms with Crippen molar-refractivity contribution in [3.8, 4) is 0 Å². The monoisotopic (exact) mass is 418 g/mol. The van der Waals surface area contributed by atoms with Gasteiger partial charge in [0.05, 0.1) is 5.69 Å². The topological polar surface area (TPSA) is 38.0 Å². The summed E-state index contributed by atoms with van der Waals surface area (Å²) in [7, 11) is 0. The van der Waals surface area contributed by atoms with E-state index in [1.807, 2.05) is 36.4 Å². The molecule has 0 aliphatic heterocycles. The molecule has 0 saturated carbocycles. The predicted octanol–water partition coefficient (Wildman–Crippen LogP) is 5.24. The highest BCUT2D eigenvalue weighted by Crippen LogP contribution is 2.30. The van der Waals surface area contributed by atoms with Crippen molar-refractivity contribution in [2.45, 2.75) is 0 Å². The van der Waals surface area contributed by atoms with E-state index in [4.69, 9.17) is 29.6 Å². The fraction of sp³-hybridized carbons (Fsp3) is 0. The van der Waals surface area contributed by atoms with Gasteiger partial charge >= 0.3 is 0 Å². The van der Waals surface area contributed by atoms with Gasteiger partial charge in [0.25, 0.3) is 0 Å². The first-order chi connectivity index (χ1) is 8.97. The maximum absolute atomic E-state index is 5.98. The molecular weight excluding hydrogens is 411 g/mol. The Morgan fingerprint density at radius 3 is 2.47 bits per heavy atom. The minimum absolute atomic E-state index is 0.363. The van der Waals surface area contributed by atoms with Crippen molar-refractivity contribution in [2.24, 2.45) is 5.73 Å². The molecule has 2 nitrogen and oxygen atoms in total. The summed E-state index contributed by atoms with van der Waals surface area (Å²) in [5.74, 6) is 0. The summed E-state index contributed by atoms with van der Waals surface area (Å²) in [5, 5.41) is 3.95. The highest BCUT2D eigenvalue weighted by Gasteiger charge is 2.06. The molecule has 0 amide bonds. The fourth-order valence-electron chi connectivity index (χ4n) is 1.54. The SMILES string of the molecule is NC(=S)c1ccc(Nc2cc(Cl)ccc2Br)cc1Br. The van der Waals surface area contributed by atoms with Gasteiger partial charge in [-0.25, -0.2) is 0 Å². The maximum atomic E-state index is 5.98. The van der Waals surface area contributed by atoms with E-state index in [1.54, 1.807) is 0 Å². The van der Waals surface area contributed by atoms with Crippen molar-refractivity contribution in [3.63, 3.8) is 0 Å². The molecular formula is C13H9Br2ClN2S. The molecule has 98 valence electrons. The summed E-state index contributed by atoms with van der Waals surface area (Å²) in [6, 6.07) is 11.3. The van der Waals surface area contributed by atoms with Gasteiger partial charge in [0.15, 0.2) is 0 Å². The Bertz CT molecular complexity index is 647. The summed E-state index contributed by atoms with van der Waals surface area (Å²) in [6.07, 6.45) is 0. The van der Waals surface area contributed by atoms with Crippen LogP contribution in [0.5, 0.6) is 0 Å². The lowest BCUT2D eigenvalue weighted by Gasteiger charge is -2.11. The third-order valence-corrected chi connectivity index (χ3v) is 4.24. The number of hydrogen-bond donors (Lipinski definition) is 2. The van der Waals surface area contributed by atoms with Gasteiger partial charge in [-0.1, -0.05) is 23.8 Å². The minimum Gasteiger partial charge on any atom is -0.389 e. The second-order valence-electron chi connectivity index (χ2n) is 3.81. The summed E-state index contributed by atoms with van der Waals surface area (Å²) < 4.78 is 1.79. The molecule has 2 rings (SSSR count). The molecule has 3 N–H and O–H groups in total. The van der Waals surface area contributed by atoms with Gasteiger partial charge in [0.1, 0.15) is 4.99 Å². The number of nitrogens with two attached hydrogens (primary N) is 1. The van der Waals surface area contributed by atoms with E-state index in [1.165, 1.54) is 0 Å². The highest BCUT2D eigenvalue weighted by molar-refractivity contribution is 9.11. The van der Waals surface area contributed by atoms with Crippen LogP contribution in [0.3, 0.4) is 0 Å². The van der Waals surface area contributed by atoms with E-state index in [0.717, 1.165) is 25.9 Å². The zero-order valence-electron chi connectivity index (χ0n) is 9.58. The molecule has 0 aromatic heterocycles. The number of hydrogen-bond acceptors (Lipinski definition) is 2. The van der Waals surface area contributed by atoms with E-state index in [-0.39, 0.29) is 0 Å². The lowest BCUT2D eigenvalue weighted by Crippen LogP contribution is -2.10. The number of benzene rings is 2. The highest BCUT2D eigenvalue weighted by atomic mass is 79.9. The van der Waals surface area contributed by atoms with Crippen molar-refractivity contribution in [3.05, 3.63) is 55.9 Å². The quantitative estimate of drug-likeness (QED) is 0.667. The normalized spacial score (nSPS) is 10.3. The standard InChI is InChI=1S/C13H9Br2ClN2S/c14-10-4-1-7(16)5-12(10)18-8-2-3-9(13(17)19)11(15)6-8/h1-6,18H,(H2,17,19). The van der Waals surface area contributed by atoms with Crippen LogP contribution in [0.2, 0.25) is 5.02 Å². The molecule has 0 aliphatic rings. The van der Waals surface area contributed by atoms with Crippen LogP contribution in [0.25, 0.3) is 0 Å².